The first kappa shape index (κ1) is 27.8. The van der Waals surface area contributed by atoms with E-state index in [9.17, 15) is 14.4 Å². The second-order valence-corrected chi connectivity index (χ2v) is 7.86. The molecular weight excluding hydrogens is 430 g/mol. The Balaban J connectivity index is 0.000000366. The third kappa shape index (κ3) is 10.3. The van der Waals surface area contributed by atoms with Crippen molar-refractivity contribution in [3.8, 4) is 0 Å². The molecule has 33 heavy (non-hydrogen) atoms. The van der Waals surface area contributed by atoms with E-state index in [0.29, 0.717) is 0 Å². The van der Waals surface area contributed by atoms with E-state index in [-0.39, 0.29) is 6.10 Å². The van der Waals surface area contributed by atoms with Gasteiger partial charge in [0.05, 0.1) is 19.4 Å². The summed E-state index contributed by atoms with van der Waals surface area (Å²) in [5.74, 6) is -5.02. The van der Waals surface area contributed by atoms with Crippen LogP contribution in [0.15, 0.2) is 54.6 Å². The standard InChI is InChI=1S/C18H23NO.C6H8O7/c1-15-8-7-11-17(14-15)18(20-13-12-19(2)3)16-9-5-4-6-10-16;7-3(8)1-6(13,5(11)12)2-4(9)10/h4-11,14,18H,12-13H2,1-3H3;13H,1-2H2,(H,7,8)(H,9,10)(H,11,12). The average molecular weight is 462 g/mol. The van der Waals surface area contributed by atoms with Gasteiger partial charge in [0.15, 0.2) is 5.60 Å². The molecule has 0 fully saturated rings. The van der Waals surface area contributed by atoms with Crippen LogP contribution in [0.3, 0.4) is 0 Å². The van der Waals surface area contributed by atoms with E-state index in [1.807, 2.05) is 6.07 Å². The Hall–Kier alpha value is -3.27. The number of aryl methyl sites for hydroxylation is 1. The molecule has 2 aromatic carbocycles. The summed E-state index contributed by atoms with van der Waals surface area (Å²) < 4.78 is 6.14. The molecule has 0 saturated carbocycles. The minimum Gasteiger partial charge on any atom is -0.481 e. The zero-order valence-electron chi connectivity index (χ0n) is 19.0. The summed E-state index contributed by atoms with van der Waals surface area (Å²) in [6.45, 7) is 3.76. The van der Waals surface area contributed by atoms with Crippen molar-refractivity contribution in [2.24, 2.45) is 0 Å². The molecule has 1 unspecified atom stereocenters. The van der Waals surface area contributed by atoms with Gasteiger partial charge in [-0.1, -0.05) is 60.2 Å². The number of rotatable bonds is 11. The molecule has 2 rings (SSSR count). The van der Waals surface area contributed by atoms with Gasteiger partial charge in [-0.25, -0.2) is 4.79 Å². The van der Waals surface area contributed by atoms with Gasteiger partial charge in [-0.05, 0) is 32.1 Å². The number of carboxylic acid groups (broad SMARTS) is 3. The number of carbonyl (C=O) groups is 3. The van der Waals surface area contributed by atoms with Crippen LogP contribution in [0.4, 0.5) is 0 Å². The van der Waals surface area contributed by atoms with Crippen LogP contribution in [0.25, 0.3) is 0 Å². The first-order valence-corrected chi connectivity index (χ1v) is 10.2. The topological polar surface area (TPSA) is 145 Å². The molecule has 0 aromatic heterocycles. The minimum atomic E-state index is -2.74. The Morgan fingerprint density at radius 1 is 0.909 bits per heavy atom. The van der Waals surface area contributed by atoms with Crippen LogP contribution >= 0.6 is 0 Å². The SMILES string of the molecule is Cc1cccc(C(OCCN(C)C)c2ccccc2)c1.O=C(O)CC(O)(CC(=O)O)C(=O)O. The second kappa shape index (κ2) is 13.3. The highest BCUT2D eigenvalue weighted by atomic mass is 16.5. The lowest BCUT2D eigenvalue weighted by atomic mass is 9.96. The van der Waals surface area contributed by atoms with Crippen molar-refractivity contribution < 1.29 is 39.5 Å². The predicted octanol–water partition coefficient (Wildman–Crippen LogP) is 2.41. The summed E-state index contributed by atoms with van der Waals surface area (Å²) in [4.78, 5) is 32.6. The number of hydrogen-bond donors (Lipinski definition) is 4. The van der Waals surface area contributed by atoms with Gasteiger partial charge in [0.2, 0.25) is 0 Å². The van der Waals surface area contributed by atoms with Crippen LogP contribution < -0.4 is 0 Å². The van der Waals surface area contributed by atoms with Crippen LogP contribution in [-0.4, -0.2) is 76.1 Å². The van der Waals surface area contributed by atoms with E-state index in [2.05, 4.69) is 74.4 Å². The Kier molecular flexibility index (Phi) is 11.2. The molecule has 0 bridgehead atoms. The second-order valence-electron chi connectivity index (χ2n) is 7.86. The molecule has 0 amide bonds. The van der Waals surface area contributed by atoms with Gasteiger partial charge < -0.3 is 30.1 Å². The molecule has 0 radical (unpaired) electrons. The summed E-state index contributed by atoms with van der Waals surface area (Å²) in [5.41, 5.74) is 0.948. The lowest BCUT2D eigenvalue weighted by Crippen LogP contribution is -2.42. The van der Waals surface area contributed by atoms with Gasteiger partial charge >= 0.3 is 17.9 Å². The quantitative estimate of drug-likeness (QED) is 0.396. The maximum absolute atomic E-state index is 10.3. The highest BCUT2D eigenvalue weighted by Gasteiger charge is 2.40. The van der Waals surface area contributed by atoms with E-state index in [1.54, 1.807) is 0 Å². The molecule has 4 N–H and O–H groups in total. The Labute approximate surface area is 192 Å². The summed E-state index contributed by atoms with van der Waals surface area (Å²) in [7, 11) is 4.13. The lowest BCUT2D eigenvalue weighted by molar-refractivity contribution is -0.170. The first-order chi connectivity index (χ1) is 15.4. The molecule has 0 aliphatic rings. The molecule has 0 aliphatic carbocycles. The van der Waals surface area contributed by atoms with E-state index < -0.39 is 36.4 Å². The van der Waals surface area contributed by atoms with Crippen molar-refractivity contribution in [2.45, 2.75) is 31.5 Å². The van der Waals surface area contributed by atoms with Gasteiger partial charge in [0.25, 0.3) is 0 Å². The Morgan fingerprint density at radius 2 is 1.45 bits per heavy atom. The van der Waals surface area contributed by atoms with E-state index in [1.165, 1.54) is 16.7 Å². The summed E-state index contributed by atoms with van der Waals surface area (Å²) >= 11 is 0. The van der Waals surface area contributed by atoms with Gasteiger partial charge in [-0.15, -0.1) is 0 Å². The van der Waals surface area contributed by atoms with Crippen LogP contribution in [0.5, 0.6) is 0 Å². The normalized spacial score (nSPS) is 11.9. The Morgan fingerprint density at radius 3 is 1.91 bits per heavy atom. The first-order valence-electron chi connectivity index (χ1n) is 10.2. The van der Waals surface area contributed by atoms with Gasteiger partial charge in [-0.2, -0.15) is 0 Å². The number of likely N-dealkylation sites (N-methyl/N-ethyl adjacent to an activating group) is 1. The largest absolute Gasteiger partial charge is 0.481 e. The number of nitrogens with zero attached hydrogens (tertiary/aromatic N) is 1. The summed E-state index contributed by atoms with van der Waals surface area (Å²) in [6.07, 6.45) is -2.28. The zero-order chi connectivity index (χ0) is 25.0. The molecular formula is C24H31NO8. The fourth-order valence-corrected chi connectivity index (χ4v) is 2.91. The molecule has 1 atom stereocenters. The van der Waals surface area contributed by atoms with E-state index in [4.69, 9.17) is 25.2 Å². The molecule has 180 valence electrons. The van der Waals surface area contributed by atoms with Crippen molar-refractivity contribution in [2.75, 3.05) is 27.2 Å². The molecule has 9 nitrogen and oxygen atoms in total. The fourth-order valence-electron chi connectivity index (χ4n) is 2.91. The van der Waals surface area contributed by atoms with Gasteiger partial charge in [-0.3, -0.25) is 9.59 Å². The summed E-state index contributed by atoms with van der Waals surface area (Å²) in [5, 5.41) is 33.8. The third-order valence-electron chi connectivity index (χ3n) is 4.56. The van der Waals surface area contributed by atoms with Crippen molar-refractivity contribution in [1.82, 2.24) is 4.90 Å². The maximum atomic E-state index is 10.3. The van der Waals surface area contributed by atoms with E-state index in [0.717, 1.165) is 13.2 Å². The minimum absolute atomic E-state index is 0.0102. The predicted molar refractivity (Wildman–Crippen MR) is 121 cm³/mol. The zero-order valence-corrected chi connectivity index (χ0v) is 19.0. The average Bonchev–Trinajstić information content (AvgIpc) is 2.71. The highest BCUT2D eigenvalue weighted by Crippen LogP contribution is 2.26. The van der Waals surface area contributed by atoms with E-state index >= 15 is 0 Å². The van der Waals surface area contributed by atoms with Crippen LogP contribution in [0, 0.1) is 6.92 Å². The molecule has 0 aliphatic heterocycles. The fraction of sp³-hybridized carbons (Fsp3) is 0.375. The van der Waals surface area contributed by atoms with Crippen LogP contribution in [0.2, 0.25) is 0 Å². The molecule has 0 saturated heterocycles. The number of aliphatic carboxylic acids is 3. The number of carboxylic acids is 3. The number of benzene rings is 2. The lowest BCUT2D eigenvalue weighted by Gasteiger charge is -2.20. The van der Waals surface area contributed by atoms with Gasteiger partial charge in [0, 0.05) is 6.54 Å². The molecule has 2 aromatic rings. The molecule has 9 heteroatoms. The number of ether oxygens (including phenoxy) is 1. The number of aliphatic hydroxyl groups is 1. The van der Waals surface area contributed by atoms with Crippen molar-refractivity contribution >= 4 is 17.9 Å². The monoisotopic (exact) mass is 461 g/mol. The van der Waals surface area contributed by atoms with Crippen LogP contribution in [0.1, 0.15) is 35.6 Å². The molecule has 0 spiro atoms. The Bertz CT molecular complexity index is 898. The molecule has 0 heterocycles. The summed E-state index contributed by atoms with van der Waals surface area (Å²) in [6, 6.07) is 19.0. The van der Waals surface area contributed by atoms with Crippen molar-refractivity contribution in [3.63, 3.8) is 0 Å². The van der Waals surface area contributed by atoms with Crippen molar-refractivity contribution in [1.29, 1.82) is 0 Å². The van der Waals surface area contributed by atoms with Crippen molar-refractivity contribution in [3.05, 3.63) is 71.3 Å². The van der Waals surface area contributed by atoms with Gasteiger partial charge in [0.1, 0.15) is 6.10 Å². The van der Waals surface area contributed by atoms with Crippen LogP contribution in [-0.2, 0) is 19.1 Å². The number of hydrogen-bond acceptors (Lipinski definition) is 6. The highest BCUT2D eigenvalue weighted by molar-refractivity contribution is 5.88. The third-order valence-corrected chi connectivity index (χ3v) is 4.56. The maximum Gasteiger partial charge on any atom is 0.336 e. The smallest absolute Gasteiger partial charge is 0.336 e.